The number of hydrogen-bond donors (Lipinski definition) is 3. The Morgan fingerprint density at radius 3 is 2.67 bits per heavy atom. The highest BCUT2D eigenvalue weighted by Crippen LogP contribution is 2.17. The van der Waals surface area contributed by atoms with Crippen molar-refractivity contribution in [2.75, 3.05) is 25.0 Å². The number of carbonyl (C=O) groups excluding carboxylic acids is 1. The predicted molar refractivity (Wildman–Crippen MR) is 73.9 cm³/mol. The molecule has 0 spiro atoms. The summed E-state index contributed by atoms with van der Waals surface area (Å²) in [7, 11) is 0. The van der Waals surface area contributed by atoms with E-state index in [-0.39, 0.29) is 0 Å². The van der Waals surface area contributed by atoms with E-state index in [2.05, 4.69) is 22.5 Å². The van der Waals surface area contributed by atoms with Crippen LogP contribution in [0.15, 0.2) is 6.07 Å². The molecule has 0 aliphatic carbocycles. The lowest BCUT2D eigenvalue weighted by atomic mass is 10.1. The van der Waals surface area contributed by atoms with Gasteiger partial charge in [-0.05, 0) is 38.4 Å². The van der Waals surface area contributed by atoms with Crippen molar-refractivity contribution in [3.05, 3.63) is 22.9 Å². The van der Waals surface area contributed by atoms with E-state index in [1.165, 1.54) is 0 Å². The van der Waals surface area contributed by atoms with Crippen LogP contribution in [0.4, 0.5) is 5.82 Å². The zero-order valence-corrected chi connectivity index (χ0v) is 11.3. The van der Waals surface area contributed by atoms with Gasteiger partial charge in [-0.1, -0.05) is 6.92 Å². The molecule has 18 heavy (non-hydrogen) atoms. The molecule has 0 saturated carbocycles. The van der Waals surface area contributed by atoms with Gasteiger partial charge in [0.05, 0.1) is 5.56 Å². The van der Waals surface area contributed by atoms with E-state index >= 15 is 0 Å². The third-order valence-electron chi connectivity index (χ3n) is 2.61. The maximum absolute atomic E-state index is 11.4. The molecule has 0 aliphatic rings. The summed E-state index contributed by atoms with van der Waals surface area (Å²) in [6.07, 6.45) is 1.11. The number of nitrogens with zero attached hydrogens (tertiary/aromatic N) is 1. The van der Waals surface area contributed by atoms with Crippen molar-refractivity contribution in [3.8, 4) is 0 Å². The highest BCUT2D eigenvalue weighted by atomic mass is 16.1. The van der Waals surface area contributed by atoms with Crippen molar-refractivity contribution in [1.29, 1.82) is 0 Å². The number of aryl methyl sites for hydroxylation is 2. The molecule has 0 aliphatic heterocycles. The average molecular weight is 250 g/mol. The second-order valence-electron chi connectivity index (χ2n) is 4.35. The van der Waals surface area contributed by atoms with Gasteiger partial charge < -0.3 is 16.4 Å². The number of aromatic nitrogens is 1. The molecule has 0 aromatic carbocycles. The lowest BCUT2D eigenvalue weighted by Gasteiger charge is -2.12. The summed E-state index contributed by atoms with van der Waals surface area (Å²) in [6.45, 7) is 8.44. The summed E-state index contributed by atoms with van der Waals surface area (Å²) >= 11 is 0. The number of hydrogen-bond acceptors (Lipinski definition) is 4. The van der Waals surface area contributed by atoms with Gasteiger partial charge in [-0.2, -0.15) is 0 Å². The van der Waals surface area contributed by atoms with Crippen LogP contribution in [0.1, 0.15) is 35.0 Å². The first-order valence-electron chi connectivity index (χ1n) is 6.29. The van der Waals surface area contributed by atoms with Gasteiger partial charge in [0.15, 0.2) is 0 Å². The van der Waals surface area contributed by atoms with Crippen LogP contribution in [0.3, 0.4) is 0 Å². The summed E-state index contributed by atoms with van der Waals surface area (Å²) in [5, 5.41) is 6.44. The second-order valence-corrected chi connectivity index (χ2v) is 4.35. The molecular weight excluding hydrogens is 228 g/mol. The lowest BCUT2D eigenvalue weighted by Crippen LogP contribution is -2.25. The molecule has 4 N–H and O–H groups in total. The fraction of sp³-hybridized carbons (Fsp3) is 0.538. The van der Waals surface area contributed by atoms with Crippen LogP contribution in [0, 0.1) is 13.8 Å². The molecular formula is C13H22N4O. The maximum atomic E-state index is 11.4. The summed E-state index contributed by atoms with van der Waals surface area (Å²) in [5.41, 5.74) is 7.60. The smallest absolute Gasteiger partial charge is 0.252 e. The number of anilines is 1. The number of nitrogens with two attached hydrogens (primary N) is 1. The van der Waals surface area contributed by atoms with Gasteiger partial charge in [0.25, 0.3) is 5.91 Å². The summed E-state index contributed by atoms with van der Waals surface area (Å²) in [6, 6.07) is 1.86. The topological polar surface area (TPSA) is 80.0 Å². The molecule has 100 valence electrons. The summed E-state index contributed by atoms with van der Waals surface area (Å²) in [4.78, 5) is 15.7. The van der Waals surface area contributed by atoms with Crippen molar-refractivity contribution >= 4 is 11.7 Å². The fourth-order valence-corrected chi connectivity index (χ4v) is 1.85. The molecule has 1 aromatic heterocycles. The number of primary amides is 1. The molecule has 0 bridgehead atoms. The van der Waals surface area contributed by atoms with Crippen molar-refractivity contribution in [1.82, 2.24) is 10.3 Å². The number of nitrogens with one attached hydrogen (secondary N) is 2. The Bertz CT molecular complexity index is 418. The van der Waals surface area contributed by atoms with Crippen molar-refractivity contribution < 1.29 is 4.79 Å². The Hall–Kier alpha value is -1.62. The van der Waals surface area contributed by atoms with Crippen LogP contribution in [-0.4, -0.2) is 30.5 Å². The van der Waals surface area contributed by atoms with Gasteiger partial charge in [0.1, 0.15) is 5.82 Å². The van der Waals surface area contributed by atoms with Gasteiger partial charge in [0, 0.05) is 18.8 Å². The van der Waals surface area contributed by atoms with E-state index in [0.717, 1.165) is 37.3 Å². The molecule has 0 saturated heterocycles. The first-order chi connectivity index (χ1) is 8.56. The molecule has 1 rings (SSSR count). The van der Waals surface area contributed by atoms with E-state index in [9.17, 15) is 4.79 Å². The van der Waals surface area contributed by atoms with Crippen LogP contribution < -0.4 is 16.4 Å². The van der Waals surface area contributed by atoms with Gasteiger partial charge in [-0.25, -0.2) is 4.98 Å². The minimum absolute atomic E-state index is 0.441. The first-order valence-corrected chi connectivity index (χ1v) is 6.29. The van der Waals surface area contributed by atoms with Crippen molar-refractivity contribution in [3.63, 3.8) is 0 Å². The van der Waals surface area contributed by atoms with E-state index < -0.39 is 5.91 Å². The Balaban J connectivity index is 2.71. The van der Waals surface area contributed by atoms with Gasteiger partial charge in [-0.3, -0.25) is 4.79 Å². The van der Waals surface area contributed by atoms with E-state index in [1.807, 2.05) is 19.9 Å². The Kier molecular flexibility index (Phi) is 5.58. The normalized spacial score (nSPS) is 10.4. The van der Waals surface area contributed by atoms with Crippen molar-refractivity contribution in [2.24, 2.45) is 5.73 Å². The monoisotopic (exact) mass is 250 g/mol. The molecule has 0 radical (unpaired) electrons. The Morgan fingerprint density at radius 2 is 2.06 bits per heavy atom. The molecule has 5 heteroatoms. The third-order valence-corrected chi connectivity index (χ3v) is 2.61. The van der Waals surface area contributed by atoms with E-state index in [0.29, 0.717) is 11.4 Å². The minimum Gasteiger partial charge on any atom is -0.368 e. The maximum Gasteiger partial charge on any atom is 0.252 e. The van der Waals surface area contributed by atoms with Crippen LogP contribution in [0.2, 0.25) is 0 Å². The molecule has 0 fully saturated rings. The summed E-state index contributed by atoms with van der Waals surface area (Å²) < 4.78 is 0. The molecule has 0 unspecified atom stereocenters. The largest absolute Gasteiger partial charge is 0.368 e. The highest BCUT2D eigenvalue weighted by molar-refractivity contribution is 5.99. The number of carbonyl (C=O) groups is 1. The second kappa shape index (κ2) is 6.96. The predicted octanol–water partition coefficient (Wildman–Crippen LogP) is 1.21. The average Bonchev–Trinajstić information content (AvgIpc) is 2.27. The quantitative estimate of drug-likeness (QED) is 0.635. The molecule has 5 nitrogen and oxygen atoms in total. The summed E-state index contributed by atoms with van der Waals surface area (Å²) in [5.74, 6) is 0.141. The SMILES string of the molecule is CCCNCCNc1nc(C)cc(C)c1C(N)=O. The number of pyridine rings is 1. The zero-order chi connectivity index (χ0) is 13.5. The van der Waals surface area contributed by atoms with Crippen LogP contribution in [-0.2, 0) is 0 Å². The number of rotatable bonds is 7. The lowest BCUT2D eigenvalue weighted by molar-refractivity contribution is 0.1000. The zero-order valence-electron chi connectivity index (χ0n) is 11.3. The van der Waals surface area contributed by atoms with Crippen molar-refractivity contribution in [2.45, 2.75) is 27.2 Å². The highest BCUT2D eigenvalue weighted by Gasteiger charge is 2.13. The van der Waals surface area contributed by atoms with Gasteiger partial charge in [0.2, 0.25) is 0 Å². The van der Waals surface area contributed by atoms with Crippen LogP contribution in [0.25, 0.3) is 0 Å². The molecule has 1 heterocycles. The van der Waals surface area contributed by atoms with Crippen LogP contribution in [0.5, 0.6) is 0 Å². The fourth-order valence-electron chi connectivity index (χ4n) is 1.85. The van der Waals surface area contributed by atoms with Crippen LogP contribution >= 0.6 is 0 Å². The molecule has 1 aromatic rings. The standard InChI is InChI=1S/C13H22N4O/c1-4-5-15-6-7-16-13-11(12(14)18)9(2)8-10(3)17-13/h8,15H,4-7H2,1-3H3,(H2,14,18)(H,16,17). The molecule has 1 amide bonds. The van der Waals surface area contributed by atoms with E-state index in [4.69, 9.17) is 5.73 Å². The minimum atomic E-state index is -0.441. The Labute approximate surface area is 108 Å². The van der Waals surface area contributed by atoms with Gasteiger partial charge >= 0.3 is 0 Å². The number of amides is 1. The Morgan fingerprint density at radius 1 is 1.33 bits per heavy atom. The van der Waals surface area contributed by atoms with Gasteiger partial charge in [-0.15, -0.1) is 0 Å². The molecule has 0 atom stereocenters. The first kappa shape index (κ1) is 14.4. The van der Waals surface area contributed by atoms with E-state index in [1.54, 1.807) is 0 Å². The third kappa shape index (κ3) is 4.00.